The van der Waals surface area contributed by atoms with Crippen LogP contribution in [0.3, 0.4) is 0 Å². The van der Waals surface area contributed by atoms with Crippen molar-refractivity contribution < 1.29 is 19.2 Å². The van der Waals surface area contributed by atoms with Crippen molar-refractivity contribution in [3.63, 3.8) is 0 Å². The maximum absolute atomic E-state index is 12.6. The van der Waals surface area contributed by atoms with Crippen LogP contribution in [-0.2, 0) is 19.2 Å². The second kappa shape index (κ2) is 10.2. The lowest BCUT2D eigenvalue weighted by Crippen LogP contribution is -2.45. The van der Waals surface area contributed by atoms with E-state index in [0.29, 0.717) is 18.5 Å². The summed E-state index contributed by atoms with van der Waals surface area (Å²) in [5.74, 6) is -0.496. The van der Waals surface area contributed by atoms with Crippen molar-refractivity contribution in [2.24, 2.45) is 10.9 Å². The molecule has 0 aromatic heterocycles. The quantitative estimate of drug-likeness (QED) is 0.313. The smallest absolute Gasteiger partial charge is 0.307 e. The number of oxime groups is 1. The summed E-state index contributed by atoms with van der Waals surface area (Å²) in [5, 5.41) is 14.5. The largest absolute Gasteiger partial charge is 0.469 e. The molecule has 0 aliphatic carbocycles. The molecule has 1 fully saturated rings. The second-order valence-electron chi connectivity index (χ2n) is 7.72. The number of amides is 1. The highest BCUT2D eigenvalue weighted by molar-refractivity contribution is 6.02. The van der Waals surface area contributed by atoms with Gasteiger partial charge in [0.1, 0.15) is 11.9 Å². The molecule has 1 aromatic rings. The Hall–Kier alpha value is -2.94. The van der Waals surface area contributed by atoms with Gasteiger partial charge in [0.05, 0.1) is 31.7 Å². The Bertz CT molecular complexity index is 802. The van der Waals surface area contributed by atoms with Crippen LogP contribution in [0, 0.1) is 5.41 Å². The zero-order valence-electron chi connectivity index (χ0n) is 17.2. The summed E-state index contributed by atoms with van der Waals surface area (Å²) in [6.45, 7) is 2.61. The van der Waals surface area contributed by atoms with Gasteiger partial charge >= 0.3 is 5.97 Å². The molecule has 1 amide bonds. The third-order valence-corrected chi connectivity index (χ3v) is 5.36. The van der Waals surface area contributed by atoms with Crippen LogP contribution in [0.15, 0.2) is 29.4 Å². The Morgan fingerprint density at radius 2 is 2.03 bits per heavy atom. The van der Waals surface area contributed by atoms with Gasteiger partial charge in [-0.15, -0.1) is 0 Å². The van der Waals surface area contributed by atoms with E-state index in [9.17, 15) is 9.59 Å². The molecule has 0 saturated carbocycles. The average molecular weight is 415 g/mol. The minimum Gasteiger partial charge on any atom is -0.469 e. The summed E-state index contributed by atoms with van der Waals surface area (Å²) in [4.78, 5) is 32.0. The molecule has 4 N–H and O–H groups in total. The third-order valence-electron chi connectivity index (χ3n) is 5.36. The Balaban J connectivity index is 1.50. The Morgan fingerprint density at radius 3 is 2.67 bits per heavy atom. The fraction of sp³-hybridized carbons (Fsp3) is 0.524. The molecule has 2 aliphatic heterocycles. The van der Waals surface area contributed by atoms with Crippen molar-refractivity contribution in [3.8, 4) is 0 Å². The van der Waals surface area contributed by atoms with Crippen LogP contribution in [0.1, 0.15) is 43.2 Å². The molecule has 2 heterocycles. The summed E-state index contributed by atoms with van der Waals surface area (Å²) < 4.78 is 4.77. The van der Waals surface area contributed by atoms with E-state index in [1.54, 1.807) is 12.1 Å². The van der Waals surface area contributed by atoms with E-state index in [2.05, 4.69) is 15.4 Å². The lowest BCUT2D eigenvalue weighted by Gasteiger charge is -2.24. The third kappa shape index (κ3) is 6.03. The van der Waals surface area contributed by atoms with Crippen molar-refractivity contribution in [3.05, 3.63) is 35.4 Å². The van der Waals surface area contributed by atoms with Crippen LogP contribution in [0.2, 0.25) is 0 Å². The first-order valence-electron chi connectivity index (χ1n) is 10.2. The van der Waals surface area contributed by atoms with E-state index >= 15 is 0 Å². The van der Waals surface area contributed by atoms with Gasteiger partial charge in [-0.3, -0.25) is 15.0 Å². The number of nitrogen functional groups attached to an aromatic ring is 1. The van der Waals surface area contributed by atoms with Crippen molar-refractivity contribution >= 4 is 23.4 Å². The summed E-state index contributed by atoms with van der Waals surface area (Å²) in [6.07, 6.45) is 2.76. The molecule has 2 aliphatic rings. The molecule has 9 nitrogen and oxygen atoms in total. The van der Waals surface area contributed by atoms with Crippen LogP contribution in [0.25, 0.3) is 0 Å². The molecule has 0 bridgehead atoms. The van der Waals surface area contributed by atoms with Gasteiger partial charge in [-0.2, -0.15) is 0 Å². The van der Waals surface area contributed by atoms with E-state index in [1.807, 2.05) is 12.1 Å². The van der Waals surface area contributed by atoms with Crippen LogP contribution < -0.4 is 11.1 Å². The lowest BCUT2D eigenvalue weighted by atomic mass is 10.0. The first-order valence-corrected chi connectivity index (χ1v) is 10.2. The highest BCUT2D eigenvalue weighted by atomic mass is 16.6. The van der Waals surface area contributed by atoms with Crippen LogP contribution in [0.5, 0.6) is 0 Å². The van der Waals surface area contributed by atoms with Crippen LogP contribution >= 0.6 is 0 Å². The van der Waals surface area contributed by atoms with E-state index in [0.717, 1.165) is 37.2 Å². The number of amidine groups is 1. The summed E-state index contributed by atoms with van der Waals surface area (Å²) in [7, 11) is 1.35. The van der Waals surface area contributed by atoms with Crippen molar-refractivity contribution in [2.45, 2.75) is 44.2 Å². The number of methoxy groups -OCH3 is 1. The number of nitrogens with zero attached hydrogens (tertiary/aromatic N) is 2. The SMILES string of the molecule is COC(=O)C[C@H](CN1CCCC1)NC(=O)CC1CC(c2ccc(C(=N)N)cc2)=NO1. The topological polar surface area (TPSA) is 130 Å². The molecule has 1 aromatic carbocycles. The van der Waals surface area contributed by atoms with Gasteiger partial charge in [0.25, 0.3) is 0 Å². The standard InChI is InChI=1S/C21H29N5O4/c1-29-20(28)10-16(13-26-8-2-3-9-26)24-19(27)12-17-11-18(25-30-17)14-4-6-15(7-5-14)21(22)23/h4-7,16-17H,2-3,8-13H2,1H3,(H3,22,23)(H,24,27)/t16-,17?/m1/s1. The minimum absolute atomic E-state index is 0.0103. The molecule has 162 valence electrons. The monoisotopic (exact) mass is 415 g/mol. The highest BCUT2D eigenvalue weighted by Gasteiger charge is 2.27. The summed E-state index contributed by atoms with van der Waals surface area (Å²) in [6, 6.07) is 6.91. The number of hydrogen-bond donors (Lipinski definition) is 3. The number of rotatable bonds is 9. The first-order chi connectivity index (χ1) is 14.4. The number of likely N-dealkylation sites (tertiary alicyclic amines) is 1. The summed E-state index contributed by atoms with van der Waals surface area (Å²) in [5.41, 5.74) is 7.75. The zero-order valence-corrected chi connectivity index (χ0v) is 17.2. The average Bonchev–Trinajstić information content (AvgIpc) is 3.40. The van der Waals surface area contributed by atoms with E-state index in [1.165, 1.54) is 7.11 Å². The molecule has 0 spiro atoms. The lowest BCUT2D eigenvalue weighted by molar-refractivity contribution is -0.141. The Labute approximate surface area is 176 Å². The van der Waals surface area contributed by atoms with Gasteiger partial charge in [-0.05, 0) is 31.5 Å². The highest BCUT2D eigenvalue weighted by Crippen LogP contribution is 2.20. The van der Waals surface area contributed by atoms with Crippen molar-refractivity contribution in [1.29, 1.82) is 5.41 Å². The fourth-order valence-corrected chi connectivity index (χ4v) is 3.77. The number of benzene rings is 1. The van der Waals surface area contributed by atoms with Crippen molar-refractivity contribution in [2.75, 3.05) is 26.7 Å². The van der Waals surface area contributed by atoms with Gasteiger partial charge in [-0.1, -0.05) is 29.4 Å². The molecular formula is C21H29N5O4. The number of nitrogens with one attached hydrogen (secondary N) is 2. The maximum atomic E-state index is 12.6. The molecule has 3 rings (SSSR count). The molecule has 9 heteroatoms. The van der Waals surface area contributed by atoms with E-state index < -0.39 is 0 Å². The Morgan fingerprint density at radius 1 is 1.33 bits per heavy atom. The predicted molar refractivity (Wildman–Crippen MR) is 112 cm³/mol. The van der Waals surface area contributed by atoms with Gasteiger partial charge in [0, 0.05) is 18.5 Å². The minimum atomic E-state index is -0.349. The fourth-order valence-electron chi connectivity index (χ4n) is 3.77. The number of carbonyl (C=O) groups excluding carboxylic acids is 2. The summed E-state index contributed by atoms with van der Waals surface area (Å²) >= 11 is 0. The van der Waals surface area contributed by atoms with E-state index in [-0.39, 0.29) is 42.7 Å². The molecular weight excluding hydrogens is 386 g/mol. The maximum Gasteiger partial charge on any atom is 0.307 e. The number of hydrogen-bond acceptors (Lipinski definition) is 7. The molecule has 2 atom stereocenters. The van der Waals surface area contributed by atoms with Crippen LogP contribution in [-0.4, -0.2) is 67.2 Å². The normalized spacial score (nSPS) is 19.6. The van der Waals surface area contributed by atoms with E-state index in [4.69, 9.17) is 20.7 Å². The van der Waals surface area contributed by atoms with Gasteiger partial charge in [0.2, 0.25) is 5.91 Å². The van der Waals surface area contributed by atoms with Crippen molar-refractivity contribution in [1.82, 2.24) is 10.2 Å². The number of esters is 1. The number of carbonyl (C=O) groups is 2. The predicted octanol–water partition coefficient (Wildman–Crippen LogP) is 0.997. The second-order valence-corrected chi connectivity index (χ2v) is 7.72. The van der Waals surface area contributed by atoms with Gasteiger partial charge < -0.3 is 25.5 Å². The number of ether oxygens (including phenoxy) is 1. The molecule has 1 saturated heterocycles. The van der Waals surface area contributed by atoms with Gasteiger partial charge in [-0.25, -0.2) is 0 Å². The Kier molecular flexibility index (Phi) is 7.40. The molecule has 0 radical (unpaired) electrons. The van der Waals surface area contributed by atoms with Gasteiger partial charge in [0.15, 0.2) is 0 Å². The first kappa shape index (κ1) is 21.8. The molecule has 30 heavy (non-hydrogen) atoms. The zero-order chi connectivity index (χ0) is 21.5. The van der Waals surface area contributed by atoms with Crippen LogP contribution in [0.4, 0.5) is 0 Å². The molecule has 1 unspecified atom stereocenters. The number of nitrogens with two attached hydrogens (primary N) is 1.